The Morgan fingerprint density at radius 2 is 1.64 bits per heavy atom. The van der Waals surface area contributed by atoms with Crippen molar-refractivity contribution in [2.24, 2.45) is 0 Å². The maximum atomic E-state index is 12.2. The lowest BCUT2D eigenvalue weighted by Gasteiger charge is -2.20. The number of amides is 2. The van der Waals surface area contributed by atoms with Gasteiger partial charge in [-0.25, -0.2) is 0 Å². The lowest BCUT2D eigenvalue weighted by Crippen LogP contribution is -2.40. The van der Waals surface area contributed by atoms with E-state index in [0.29, 0.717) is 16.9 Å². The third-order valence-electron chi connectivity index (χ3n) is 3.83. The van der Waals surface area contributed by atoms with E-state index in [9.17, 15) is 14.7 Å². The Bertz CT molecular complexity index is 810. The topological polar surface area (TPSA) is 87.7 Å². The molecule has 2 aromatic rings. The van der Waals surface area contributed by atoms with E-state index in [1.54, 1.807) is 24.3 Å². The number of carbonyl (C=O) groups is 2. The Labute approximate surface area is 165 Å². The molecule has 150 valence electrons. The number of aliphatic hydroxyl groups is 1. The zero-order chi connectivity index (χ0) is 20.7. The molecule has 0 radical (unpaired) electrons. The Morgan fingerprint density at radius 3 is 2.21 bits per heavy atom. The summed E-state index contributed by atoms with van der Waals surface area (Å²) in [4.78, 5) is 24.3. The second-order valence-electron chi connectivity index (χ2n) is 7.77. The molecule has 0 aliphatic rings. The van der Waals surface area contributed by atoms with E-state index >= 15 is 0 Å². The molecular weight excluding hydrogens is 356 g/mol. The van der Waals surface area contributed by atoms with Gasteiger partial charge in [0.25, 0.3) is 11.8 Å². The first-order valence-electron chi connectivity index (χ1n) is 9.22. The fourth-order valence-corrected chi connectivity index (χ4v) is 2.45. The van der Waals surface area contributed by atoms with Gasteiger partial charge in [-0.05, 0) is 69.7 Å². The van der Waals surface area contributed by atoms with E-state index in [0.717, 1.165) is 5.56 Å². The Hall–Kier alpha value is -2.86. The SMILES string of the molecule is Cc1cccc(OCC(O)CNC(=O)c2ccc(C(=O)NC(C)(C)C)cc2)c1. The van der Waals surface area contributed by atoms with E-state index in [-0.39, 0.29) is 30.5 Å². The zero-order valence-corrected chi connectivity index (χ0v) is 16.8. The lowest BCUT2D eigenvalue weighted by atomic mass is 10.1. The normalized spacial score (nSPS) is 12.2. The molecule has 0 aromatic heterocycles. The Morgan fingerprint density at radius 1 is 1.04 bits per heavy atom. The lowest BCUT2D eigenvalue weighted by molar-refractivity contribution is 0.0842. The van der Waals surface area contributed by atoms with Gasteiger partial charge in [-0.15, -0.1) is 0 Å². The van der Waals surface area contributed by atoms with Gasteiger partial charge in [-0.2, -0.15) is 0 Å². The van der Waals surface area contributed by atoms with Crippen LogP contribution in [0, 0.1) is 6.92 Å². The van der Waals surface area contributed by atoms with Gasteiger partial charge in [-0.3, -0.25) is 9.59 Å². The average molecular weight is 384 g/mol. The Kier molecular flexibility index (Phi) is 7.18. The van der Waals surface area contributed by atoms with E-state index < -0.39 is 6.10 Å². The van der Waals surface area contributed by atoms with Crippen molar-refractivity contribution < 1.29 is 19.4 Å². The molecule has 28 heavy (non-hydrogen) atoms. The van der Waals surface area contributed by atoms with Gasteiger partial charge in [0.05, 0.1) is 0 Å². The van der Waals surface area contributed by atoms with Crippen LogP contribution >= 0.6 is 0 Å². The fourth-order valence-electron chi connectivity index (χ4n) is 2.45. The zero-order valence-electron chi connectivity index (χ0n) is 16.8. The standard InChI is InChI=1S/C22H28N2O4/c1-15-6-5-7-19(12-15)28-14-18(25)13-23-20(26)16-8-10-17(11-9-16)21(27)24-22(2,3)4/h5-12,18,25H,13-14H2,1-4H3,(H,23,26)(H,24,27). The molecule has 1 unspecified atom stereocenters. The molecule has 0 aliphatic heterocycles. The predicted molar refractivity (Wildman–Crippen MR) is 109 cm³/mol. The molecule has 0 saturated carbocycles. The Balaban J connectivity index is 1.81. The first-order chi connectivity index (χ1) is 13.1. The van der Waals surface area contributed by atoms with Crippen molar-refractivity contribution in [1.29, 1.82) is 0 Å². The predicted octanol–water partition coefficient (Wildman–Crippen LogP) is 2.69. The van der Waals surface area contributed by atoms with Gasteiger partial charge in [-0.1, -0.05) is 12.1 Å². The van der Waals surface area contributed by atoms with Crippen LogP contribution in [0.15, 0.2) is 48.5 Å². The number of nitrogens with one attached hydrogen (secondary N) is 2. The first-order valence-corrected chi connectivity index (χ1v) is 9.22. The monoisotopic (exact) mass is 384 g/mol. The van der Waals surface area contributed by atoms with Crippen LogP contribution in [-0.4, -0.2) is 41.7 Å². The molecule has 0 saturated heterocycles. The molecule has 6 nitrogen and oxygen atoms in total. The number of aryl methyl sites for hydroxylation is 1. The van der Waals surface area contributed by atoms with Crippen LogP contribution in [-0.2, 0) is 0 Å². The number of aliphatic hydroxyl groups excluding tert-OH is 1. The molecule has 3 N–H and O–H groups in total. The van der Waals surface area contributed by atoms with Gasteiger partial charge in [0.2, 0.25) is 0 Å². The number of carbonyl (C=O) groups excluding carboxylic acids is 2. The largest absolute Gasteiger partial charge is 0.491 e. The number of benzene rings is 2. The van der Waals surface area contributed by atoms with Crippen LogP contribution in [0.1, 0.15) is 47.1 Å². The molecule has 0 aliphatic carbocycles. The summed E-state index contributed by atoms with van der Waals surface area (Å²) in [5.41, 5.74) is 1.64. The molecule has 2 amide bonds. The summed E-state index contributed by atoms with van der Waals surface area (Å²) in [6.45, 7) is 7.82. The highest BCUT2D eigenvalue weighted by atomic mass is 16.5. The third kappa shape index (κ3) is 7.04. The van der Waals surface area contributed by atoms with Crippen molar-refractivity contribution in [3.63, 3.8) is 0 Å². The summed E-state index contributed by atoms with van der Waals surface area (Å²) < 4.78 is 5.52. The molecule has 0 bridgehead atoms. The second kappa shape index (κ2) is 9.37. The molecule has 0 heterocycles. The average Bonchev–Trinajstić information content (AvgIpc) is 2.63. The molecule has 2 aromatic carbocycles. The van der Waals surface area contributed by atoms with Crippen molar-refractivity contribution in [2.45, 2.75) is 39.3 Å². The summed E-state index contributed by atoms with van der Waals surface area (Å²) >= 11 is 0. The van der Waals surface area contributed by atoms with Gasteiger partial charge >= 0.3 is 0 Å². The van der Waals surface area contributed by atoms with Crippen LogP contribution in [0.5, 0.6) is 5.75 Å². The van der Waals surface area contributed by atoms with E-state index in [1.807, 2.05) is 52.0 Å². The minimum absolute atomic E-state index is 0.0664. The van der Waals surface area contributed by atoms with E-state index in [2.05, 4.69) is 10.6 Å². The summed E-state index contributed by atoms with van der Waals surface area (Å²) in [6, 6.07) is 13.9. The highest BCUT2D eigenvalue weighted by Crippen LogP contribution is 2.12. The minimum atomic E-state index is -0.832. The number of ether oxygens (including phenoxy) is 1. The molecule has 0 spiro atoms. The highest BCUT2D eigenvalue weighted by molar-refractivity contribution is 5.98. The fraction of sp³-hybridized carbons (Fsp3) is 0.364. The van der Waals surface area contributed by atoms with Gasteiger partial charge in [0.1, 0.15) is 18.5 Å². The van der Waals surface area contributed by atoms with Crippen LogP contribution in [0.4, 0.5) is 0 Å². The van der Waals surface area contributed by atoms with Crippen LogP contribution in [0.2, 0.25) is 0 Å². The minimum Gasteiger partial charge on any atom is -0.491 e. The number of hydrogen-bond acceptors (Lipinski definition) is 4. The third-order valence-corrected chi connectivity index (χ3v) is 3.83. The molecule has 1 atom stereocenters. The van der Waals surface area contributed by atoms with E-state index in [4.69, 9.17) is 4.74 Å². The summed E-state index contributed by atoms with van der Waals surface area (Å²) in [5.74, 6) is 0.162. The summed E-state index contributed by atoms with van der Waals surface area (Å²) in [5, 5.41) is 15.5. The summed E-state index contributed by atoms with van der Waals surface area (Å²) in [7, 11) is 0. The number of hydrogen-bond donors (Lipinski definition) is 3. The molecular formula is C22H28N2O4. The summed E-state index contributed by atoms with van der Waals surface area (Å²) in [6.07, 6.45) is -0.832. The molecule has 0 fully saturated rings. The maximum absolute atomic E-state index is 12.2. The smallest absolute Gasteiger partial charge is 0.251 e. The van der Waals surface area contributed by atoms with Crippen molar-refractivity contribution >= 4 is 11.8 Å². The van der Waals surface area contributed by atoms with Crippen LogP contribution in [0.25, 0.3) is 0 Å². The van der Waals surface area contributed by atoms with Gasteiger partial charge < -0.3 is 20.5 Å². The quantitative estimate of drug-likeness (QED) is 0.685. The van der Waals surface area contributed by atoms with Gasteiger partial charge in [0, 0.05) is 23.2 Å². The first kappa shape index (κ1) is 21.4. The van der Waals surface area contributed by atoms with Crippen molar-refractivity contribution in [1.82, 2.24) is 10.6 Å². The number of rotatable bonds is 7. The van der Waals surface area contributed by atoms with E-state index in [1.165, 1.54) is 0 Å². The van der Waals surface area contributed by atoms with Crippen molar-refractivity contribution in [3.05, 3.63) is 65.2 Å². The maximum Gasteiger partial charge on any atom is 0.251 e. The van der Waals surface area contributed by atoms with Crippen molar-refractivity contribution in [2.75, 3.05) is 13.2 Å². The highest BCUT2D eigenvalue weighted by Gasteiger charge is 2.16. The van der Waals surface area contributed by atoms with Crippen molar-refractivity contribution in [3.8, 4) is 5.75 Å². The molecule has 6 heteroatoms. The second-order valence-corrected chi connectivity index (χ2v) is 7.77. The molecule has 2 rings (SSSR count). The van der Waals surface area contributed by atoms with Gasteiger partial charge in [0.15, 0.2) is 0 Å². The van der Waals surface area contributed by atoms with Crippen LogP contribution in [0.3, 0.4) is 0 Å². The van der Waals surface area contributed by atoms with Crippen LogP contribution < -0.4 is 15.4 Å².